The standard InChI is InChI=1S/C13H19N/c1-2-3-6-11-7-4-8-12-9-5-10-14-13(11)12/h4,7-8,14H,2-3,5-6,9-10H2,1H3. The van der Waals surface area contributed by atoms with Crippen LogP contribution in [-0.4, -0.2) is 6.54 Å². The zero-order valence-electron chi connectivity index (χ0n) is 8.97. The summed E-state index contributed by atoms with van der Waals surface area (Å²) in [6, 6.07) is 6.74. The number of anilines is 1. The number of para-hydroxylation sites is 1. The summed E-state index contributed by atoms with van der Waals surface area (Å²) in [5.41, 5.74) is 4.47. The van der Waals surface area contributed by atoms with Gasteiger partial charge in [-0.05, 0) is 36.8 Å². The molecule has 1 N–H and O–H groups in total. The predicted octanol–water partition coefficient (Wildman–Crippen LogP) is 3.39. The monoisotopic (exact) mass is 189 g/mol. The summed E-state index contributed by atoms with van der Waals surface area (Å²) in [7, 11) is 0. The van der Waals surface area contributed by atoms with Crippen LogP contribution < -0.4 is 5.32 Å². The van der Waals surface area contributed by atoms with Gasteiger partial charge < -0.3 is 5.32 Å². The molecule has 0 amide bonds. The van der Waals surface area contributed by atoms with Crippen molar-refractivity contribution in [1.29, 1.82) is 0 Å². The van der Waals surface area contributed by atoms with Crippen molar-refractivity contribution in [2.75, 3.05) is 11.9 Å². The Kier molecular flexibility index (Phi) is 3.07. The highest BCUT2D eigenvalue weighted by Crippen LogP contribution is 2.26. The first-order chi connectivity index (χ1) is 6.92. The van der Waals surface area contributed by atoms with Crippen LogP contribution in [0.1, 0.15) is 37.3 Å². The summed E-state index contributed by atoms with van der Waals surface area (Å²) >= 11 is 0. The van der Waals surface area contributed by atoms with Gasteiger partial charge in [-0.2, -0.15) is 0 Å². The minimum Gasteiger partial charge on any atom is -0.385 e. The van der Waals surface area contributed by atoms with E-state index in [0.717, 1.165) is 6.54 Å². The quantitative estimate of drug-likeness (QED) is 0.768. The molecule has 0 aliphatic carbocycles. The molecule has 1 heterocycles. The van der Waals surface area contributed by atoms with Crippen molar-refractivity contribution >= 4 is 5.69 Å². The number of benzene rings is 1. The second-order valence-corrected chi connectivity index (χ2v) is 4.09. The molecule has 1 aliphatic rings. The minimum atomic E-state index is 1.15. The number of rotatable bonds is 3. The highest BCUT2D eigenvalue weighted by Gasteiger charge is 2.11. The van der Waals surface area contributed by atoms with Gasteiger partial charge in [-0.15, -0.1) is 0 Å². The topological polar surface area (TPSA) is 12.0 Å². The zero-order chi connectivity index (χ0) is 9.80. The van der Waals surface area contributed by atoms with Gasteiger partial charge in [-0.1, -0.05) is 31.5 Å². The molecule has 0 spiro atoms. The number of hydrogen-bond donors (Lipinski definition) is 1. The van der Waals surface area contributed by atoms with Gasteiger partial charge in [0.15, 0.2) is 0 Å². The van der Waals surface area contributed by atoms with Gasteiger partial charge in [-0.25, -0.2) is 0 Å². The Balaban J connectivity index is 2.21. The first-order valence-electron chi connectivity index (χ1n) is 5.76. The lowest BCUT2D eigenvalue weighted by atomic mass is 9.97. The second-order valence-electron chi connectivity index (χ2n) is 4.09. The van der Waals surface area contributed by atoms with Crippen LogP contribution in [0.2, 0.25) is 0 Å². The molecular weight excluding hydrogens is 170 g/mol. The van der Waals surface area contributed by atoms with E-state index in [9.17, 15) is 0 Å². The fourth-order valence-corrected chi connectivity index (χ4v) is 2.16. The molecular formula is C13H19N. The molecule has 1 aromatic rings. The zero-order valence-corrected chi connectivity index (χ0v) is 8.97. The fraction of sp³-hybridized carbons (Fsp3) is 0.538. The van der Waals surface area contributed by atoms with Gasteiger partial charge in [0.1, 0.15) is 0 Å². The van der Waals surface area contributed by atoms with Crippen LogP contribution in [0.4, 0.5) is 5.69 Å². The summed E-state index contributed by atoms with van der Waals surface area (Å²) in [5, 5.41) is 3.54. The van der Waals surface area contributed by atoms with Crippen molar-refractivity contribution in [2.45, 2.75) is 39.0 Å². The first kappa shape index (κ1) is 9.57. The second kappa shape index (κ2) is 4.50. The molecule has 1 aliphatic heterocycles. The van der Waals surface area contributed by atoms with E-state index >= 15 is 0 Å². The molecule has 0 fully saturated rings. The van der Waals surface area contributed by atoms with Crippen molar-refractivity contribution in [3.05, 3.63) is 29.3 Å². The van der Waals surface area contributed by atoms with Gasteiger partial charge in [0.05, 0.1) is 0 Å². The third-order valence-electron chi connectivity index (χ3n) is 2.96. The summed E-state index contributed by atoms with van der Waals surface area (Å²) in [4.78, 5) is 0. The molecule has 0 saturated carbocycles. The number of hydrogen-bond acceptors (Lipinski definition) is 1. The molecule has 1 aromatic carbocycles. The Bertz CT molecular complexity index is 304. The van der Waals surface area contributed by atoms with Crippen LogP contribution in [0, 0.1) is 0 Å². The summed E-state index contributed by atoms with van der Waals surface area (Å²) in [6.07, 6.45) is 6.35. The molecule has 1 nitrogen and oxygen atoms in total. The van der Waals surface area contributed by atoms with Crippen LogP contribution in [0.15, 0.2) is 18.2 Å². The van der Waals surface area contributed by atoms with Gasteiger partial charge in [0, 0.05) is 12.2 Å². The van der Waals surface area contributed by atoms with Crippen LogP contribution in [0.25, 0.3) is 0 Å². The molecule has 0 saturated heterocycles. The van der Waals surface area contributed by atoms with Gasteiger partial charge in [0.2, 0.25) is 0 Å². The Labute approximate surface area is 86.5 Å². The van der Waals surface area contributed by atoms with Gasteiger partial charge in [0.25, 0.3) is 0 Å². The van der Waals surface area contributed by atoms with E-state index in [1.807, 2.05) is 0 Å². The SMILES string of the molecule is CCCCc1cccc2c1NCCC2. The minimum absolute atomic E-state index is 1.15. The van der Waals surface area contributed by atoms with Gasteiger partial charge in [-0.3, -0.25) is 0 Å². The van der Waals surface area contributed by atoms with E-state index in [4.69, 9.17) is 0 Å². The van der Waals surface area contributed by atoms with E-state index in [1.165, 1.54) is 48.9 Å². The van der Waals surface area contributed by atoms with Crippen LogP contribution >= 0.6 is 0 Å². The molecule has 14 heavy (non-hydrogen) atoms. The first-order valence-corrected chi connectivity index (χ1v) is 5.76. The Morgan fingerprint density at radius 3 is 3.14 bits per heavy atom. The summed E-state index contributed by atoms with van der Waals surface area (Å²) in [5.74, 6) is 0. The summed E-state index contributed by atoms with van der Waals surface area (Å²) < 4.78 is 0. The Hall–Kier alpha value is -0.980. The molecule has 2 rings (SSSR count). The number of aryl methyl sites for hydroxylation is 2. The highest BCUT2D eigenvalue weighted by molar-refractivity contribution is 5.59. The van der Waals surface area contributed by atoms with Crippen LogP contribution in [0.5, 0.6) is 0 Å². The molecule has 0 radical (unpaired) electrons. The van der Waals surface area contributed by atoms with Gasteiger partial charge >= 0.3 is 0 Å². The molecule has 0 unspecified atom stereocenters. The van der Waals surface area contributed by atoms with Crippen molar-refractivity contribution in [2.24, 2.45) is 0 Å². The van der Waals surface area contributed by atoms with Crippen LogP contribution in [0.3, 0.4) is 0 Å². The molecule has 0 bridgehead atoms. The van der Waals surface area contributed by atoms with Crippen molar-refractivity contribution < 1.29 is 0 Å². The van der Waals surface area contributed by atoms with E-state index in [0.29, 0.717) is 0 Å². The van der Waals surface area contributed by atoms with Crippen molar-refractivity contribution in [3.63, 3.8) is 0 Å². The Morgan fingerprint density at radius 1 is 1.36 bits per heavy atom. The maximum atomic E-state index is 3.54. The maximum Gasteiger partial charge on any atom is 0.0405 e. The molecule has 1 heteroatoms. The maximum absolute atomic E-state index is 3.54. The average Bonchev–Trinajstić information content (AvgIpc) is 2.26. The lowest BCUT2D eigenvalue weighted by Crippen LogP contribution is -2.13. The number of fused-ring (bicyclic) bond motifs is 1. The Morgan fingerprint density at radius 2 is 2.29 bits per heavy atom. The lowest BCUT2D eigenvalue weighted by Gasteiger charge is -2.21. The van der Waals surface area contributed by atoms with E-state index in [-0.39, 0.29) is 0 Å². The summed E-state index contributed by atoms with van der Waals surface area (Å²) in [6.45, 7) is 3.40. The fourth-order valence-electron chi connectivity index (χ4n) is 2.16. The predicted molar refractivity (Wildman–Crippen MR) is 61.9 cm³/mol. The number of unbranched alkanes of at least 4 members (excludes halogenated alkanes) is 1. The third kappa shape index (κ3) is 1.92. The normalized spacial score (nSPS) is 14.6. The molecule has 0 aromatic heterocycles. The molecule has 0 atom stereocenters. The lowest BCUT2D eigenvalue weighted by molar-refractivity contribution is 0.780. The highest BCUT2D eigenvalue weighted by atomic mass is 14.9. The number of nitrogens with one attached hydrogen (secondary N) is 1. The van der Waals surface area contributed by atoms with E-state index < -0.39 is 0 Å². The van der Waals surface area contributed by atoms with Crippen LogP contribution in [-0.2, 0) is 12.8 Å². The average molecular weight is 189 g/mol. The van der Waals surface area contributed by atoms with Crippen molar-refractivity contribution in [1.82, 2.24) is 0 Å². The van der Waals surface area contributed by atoms with E-state index in [2.05, 4.69) is 30.4 Å². The van der Waals surface area contributed by atoms with Crippen molar-refractivity contribution in [3.8, 4) is 0 Å². The third-order valence-corrected chi connectivity index (χ3v) is 2.96. The molecule has 76 valence electrons. The largest absolute Gasteiger partial charge is 0.385 e. The smallest absolute Gasteiger partial charge is 0.0405 e. The van der Waals surface area contributed by atoms with E-state index in [1.54, 1.807) is 0 Å².